The van der Waals surface area contributed by atoms with Gasteiger partial charge >= 0.3 is 7.12 Å². The molecular weight excluding hydrogens is 347 g/mol. The van der Waals surface area contributed by atoms with Crippen LogP contribution in [0.15, 0.2) is 29.1 Å². The molecule has 8 heteroatoms. The molecule has 0 radical (unpaired) electrons. The molecule has 7 nitrogen and oxygen atoms in total. The molecule has 1 aromatic carbocycles. The van der Waals surface area contributed by atoms with Gasteiger partial charge in [0.15, 0.2) is 0 Å². The Kier molecular flexibility index (Phi) is 4.82. The first-order chi connectivity index (χ1) is 12.6. The van der Waals surface area contributed by atoms with Crippen molar-refractivity contribution < 1.29 is 18.8 Å². The van der Waals surface area contributed by atoms with Gasteiger partial charge in [-0.05, 0) is 40.7 Å². The SMILES string of the molecule is COc1cc(OC)c(C)c(-n2nc(B3OC(C)(C)C(C)(C)O3)ccc2=O)c1. The smallest absolute Gasteiger partial charge is 0.497 e. The number of benzene rings is 1. The molecular formula is C19H25BN2O5. The molecule has 2 aromatic rings. The summed E-state index contributed by atoms with van der Waals surface area (Å²) in [5.41, 5.74) is 0.627. The lowest BCUT2D eigenvalue weighted by atomic mass is 9.84. The maximum Gasteiger partial charge on any atom is 0.516 e. The highest BCUT2D eigenvalue weighted by molar-refractivity contribution is 6.61. The highest BCUT2D eigenvalue weighted by Crippen LogP contribution is 2.36. The molecule has 1 aliphatic rings. The molecule has 0 atom stereocenters. The Balaban J connectivity index is 2.10. The maximum atomic E-state index is 12.5. The molecule has 1 saturated heterocycles. The maximum absolute atomic E-state index is 12.5. The summed E-state index contributed by atoms with van der Waals surface area (Å²) in [7, 11) is 2.47. The Hall–Kier alpha value is -2.32. The minimum atomic E-state index is -0.658. The van der Waals surface area contributed by atoms with Gasteiger partial charge in [0.1, 0.15) is 11.5 Å². The third-order valence-electron chi connectivity index (χ3n) is 5.31. The summed E-state index contributed by atoms with van der Waals surface area (Å²) in [6.45, 7) is 9.75. The summed E-state index contributed by atoms with van der Waals surface area (Å²) in [6, 6.07) is 6.61. The van der Waals surface area contributed by atoms with Crippen molar-refractivity contribution in [1.29, 1.82) is 0 Å². The van der Waals surface area contributed by atoms with Gasteiger partial charge in [-0.3, -0.25) is 4.79 Å². The molecule has 144 valence electrons. The Labute approximate surface area is 159 Å². The zero-order chi connectivity index (χ0) is 20.0. The van der Waals surface area contributed by atoms with E-state index in [0.717, 1.165) is 5.56 Å². The average molecular weight is 372 g/mol. The molecule has 1 fully saturated rings. The zero-order valence-corrected chi connectivity index (χ0v) is 16.8. The van der Waals surface area contributed by atoms with Gasteiger partial charge in [0.2, 0.25) is 0 Å². The van der Waals surface area contributed by atoms with Crippen LogP contribution in [-0.4, -0.2) is 42.3 Å². The molecule has 0 spiro atoms. The normalized spacial score (nSPS) is 17.8. The van der Waals surface area contributed by atoms with Crippen molar-refractivity contribution in [2.45, 2.75) is 45.8 Å². The van der Waals surface area contributed by atoms with Gasteiger partial charge in [-0.15, -0.1) is 0 Å². The van der Waals surface area contributed by atoms with E-state index in [2.05, 4.69) is 5.10 Å². The van der Waals surface area contributed by atoms with Crippen LogP contribution in [0.3, 0.4) is 0 Å². The van der Waals surface area contributed by atoms with Gasteiger partial charge in [0.25, 0.3) is 5.56 Å². The first kappa shape index (κ1) is 19.4. The second-order valence-electron chi connectivity index (χ2n) is 7.57. The predicted molar refractivity (Wildman–Crippen MR) is 103 cm³/mol. The van der Waals surface area contributed by atoms with Gasteiger partial charge in [-0.1, -0.05) is 0 Å². The molecule has 0 amide bonds. The number of ether oxygens (including phenoxy) is 2. The highest BCUT2D eigenvalue weighted by atomic mass is 16.7. The lowest BCUT2D eigenvalue weighted by Gasteiger charge is -2.32. The fourth-order valence-corrected chi connectivity index (χ4v) is 2.89. The number of hydrogen-bond acceptors (Lipinski definition) is 6. The van der Waals surface area contributed by atoms with Crippen molar-refractivity contribution in [3.05, 3.63) is 40.2 Å². The monoisotopic (exact) mass is 372 g/mol. The van der Waals surface area contributed by atoms with Crippen LogP contribution in [0.1, 0.15) is 33.3 Å². The molecule has 0 N–H and O–H groups in total. The Morgan fingerprint density at radius 2 is 1.67 bits per heavy atom. The molecule has 3 rings (SSSR count). The van der Waals surface area contributed by atoms with Crippen molar-refractivity contribution in [3.63, 3.8) is 0 Å². The predicted octanol–water partition coefficient (Wildman–Crippen LogP) is 1.86. The standard InChI is InChI=1S/C19H25BN2O5/c1-12-14(10-13(24-6)11-15(12)25-7)22-17(23)9-8-16(21-22)20-26-18(2,3)19(4,5)27-20/h8-11H,1-7H3. The average Bonchev–Trinajstić information content (AvgIpc) is 2.83. The second-order valence-corrected chi connectivity index (χ2v) is 7.57. The third-order valence-corrected chi connectivity index (χ3v) is 5.31. The molecule has 1 aromatic heterocycles. The van der Waals surface area contributed by atoms with E-state index in [1.54, 1.807) is 32.4 Å². The summed E-state index contributed by atoms with van der Waals surface area (Å²) >= 11 is 0. The largest absolute Gasteiger partial charge is 0.516 e. The van der Waals surface area contributed by atoms with Crippen LogP contribution < -0.4 is 20.6 Å². The Morgan fingerprint density at radius 3 is 2.22 bits per heavy atom. The van der Waals surface area contributed by atoms with E-state index in [-0.39, 0.29) is 5.56 Å². The van der Waals surface area contributed by atoms with Crippen LogP contribution in [0.4, 0.5) is 0 Å². The van der Waals surface area contributed by atoms with Crippen molar-refractivity contribution in [1.82, 2.24) is 9.78 Å². The zero-order valence-electron chi connectivity index (χ0n) is 16.8. The highest BCUT2D eigenvalue weighted by Gasteiger charge is 2.52. The fraction of sp³-hybridized carbons (Fsp3) is 0.474. The van der Waals surface area contributed by atoms with E-state index in [0.29, 0.717) is 22.8 Å². The van der Waals surface area contributed by atoms with Crippen molar-refractivity contribution in [3.8, 4) is 17.2 Å². The van der Waals surface area contributed by atoms with Crippen molar-refractivity contribution in [2.24, 2.45) is 0 Å². The molecule has 0 saturated carbocycles. The van der Waals surface area contributed by atoms with E-state index in [4.69, 9.17) is 18.8 Å². The van der Waals surface area contributed by atoms with Gasteiger partial charge < -0.3 is 18.8 Å². The minimum Gasteiger partial charge on any atom is -0.497 e. The van der Waals surface area contributed by atoms with E-state index >= 15 is 0 Å². The Morgan fingerprint density at radius 1 is 1.04 bits per heavy atom. The fourth-order valence-electron chi connectivity index (χ4n) is 2.89. The van der Waals surface area contributed by atoms with E-state index in [1.807, 2.05) is 34.6 Å². The van der Waals surface area contributed by atoms with Crippen LogP contribution in [0.5, 0.6) is 11.5 Å². The van der Waals surface area contributed by atoms with E-state index in [9.17, 15) is 4.79 Å². The molecule has 0 aliphatic carbocycles. The quantitative estimate of drug-likeness (QED) is 0.763. The lowest BCUT2D eigenvalue weighted by molar-refractivity contribution is 0.00578. The molecule has 0 bridgehead atoms. The van der Waals surface area contributed by atoms with E-state index < -0.39 is 18.3 Å². The van der Waals surface area contributed by atoms with Crippen LogP contribution in [0.25, 0.3) is 5.69 Å². The minimum absolute atomic E-state index is 0.270. The van der Waals surface area contributed by atoms with Gasteiger partial charge in [-0.2, -0.15) is 9.78 Å². The number of rotatable bonds is 4. The number of hydrogen-bond donors (Lipinski definition) is 0. The first-order valence-electron chi connectivity index (χ1n) is 8.78. The Bertz CT molecular complexity index is 907. The molecule has 0 unspecified atom stereocenters. The van der Waals surface area contributed by atoms with Crippen molar-refractivity contribution in [2.75, 3.05) is 14.2 Å². The molecule has 1 aliphatic heterocycles. The summed E-state index contributed by atoms with van der Waals surface area (Å²) in [5, 5.41) is 4.51. The van der Waals surface area contributed by atoms with Gasteiger partial charge in [0, 0.05) is 23.8 Å². The van der Waals surface area contributed by atoms with E-state index in [1.165, 1.54) is 10.7 Å². The van der Waals surface area contributed by atoms with Crippen LogP contribution in [0, 0.1) is 6.92 Å². The third kappa shape index (κ3) is 3.35. The first-order valence-corrected chi connectivity index (χ1v) is 8.78. The van der Waals surface area contributed by atoms with Crippen LogP contribution in [-0.2, 0) is 9.31 Å². The summed E-state index contributed by atoms with van der Waals surface area (Å²) in [4.78, 5) is 12.5. The second kappa shape index (κ2) is 6.69. The number of aromatic nitrogens is 2. The summed E-state index contributed by atoms with van der Waals surface area (Å²) < 4.78 is 24.2. The number of methoxy groups -OCH3 is 2. The number of nitrogens with zero attached hydrogens (tertiary/aromatic N) is 2. The topological polar surface area (TPSA) is 71.8 Å². The van der Waals surface area contributed by atoms with Crippen LogP contribution in [0.2, 0.25) is 0 Å². The van der Waals surface area contributed by atoms with Crippen LogP contribution >= 0.6 is 0 Å². The van der Waals surface area contributed by atoms with Gasteiger partial charge in [0.05, 0.1) is 36.7 Å². The lowest BCUT2D eigenvalue weighted by Crippen LogP contribution is -2.41. The summed E-state index contributed by atoms with van der Waals surface area (Å²) in [6.07, 6.45) is 0. The molecule has 2 heterocycles. The summed E-state index contributed by atoms with van der Waals surface area (Å²) in [5.74, 6) is 1.18. The van der Waals surface area contributed by atoms with Crippen molar-refractivity contribution >= 4 is 12.7 Å². The van der Waals surface area contributed by atoms with Gasteiger partial charge in [-0.25, -0.2) is 0 Å². The molecule has 27 heavy (non-hydrogen) atoms.